The Morgan fingerprint density at radius 2 is 2.11 bits per heavy atom. The first-order chi connectivity index (χ1) is 13.2. The topological polar surface area (TPSA) is 78.0 Å². The van der Waals surface area contributed by atoms with Crippen molar-refractivity contribution >= 4 is 49.9 Å². The molecule has 3 aromatic rings. The summed E-state index contributed by atoms with van der Waals surface area (Å²) in [5.74, 6) is 0.166. The van der Waals surface area contributed by atoms with Crippen LogP contribution in [-0.4, -0.2) is 59.1 Å². The number of hydrogen-bond acceptors (Lipinski definition) is 8. The van der Waals surface area contributed by atoms with E-state index in [1.54, 1.807) is 6.07 Å². The molecule has 4 rings (SSSR count). The Morgan fingerprint density at radius 3 is 2.93 bits per heavy atom. The lowest BCUT2D eigenvalue weighted by molar-refractivity contribution is 0.249. The molecule has 1 aliphatic rings. The quantitative estimate of drug-likeness (QED) is 0.579. The van der Waals surface area contributed by atoms with Crippen LogP contribution >= 0.6 is 22.9 Å². The van der Waals surface area contributed by atoms with E-state index in [2.05, 4.69) is 35.8 Å². The fraction of sp³-hybridized carbons (Fsp3) is 0.353. The van der Waals surface area contributed by atoms with Crippen molar-refractivity contribution in [2.24, 2.45) is 0 Å². The van der Waals surface area contributed by atoms with E-state index in [0.29, 0.717) is 17.2 Å². The highest BCUT2D eigenvalue weighted by atomic mass is 35.5. The molecule has 142 valence electrons. The summed E-state index contributed by atoms with van der Waals surface area (Å²) in [6, 6.07) is 4.46. The van der Waals surface area contributed by atoms with Gasteiger partial charge in [-0.05, 0) is 18.2 Å². The third kappa shape index (κ3) is 4.44. The molecule has 1 saturated heterocycles. The number of fused-ring (bicyclic) bond motifs is 1. The second-order valence-electron chi connectivity index (χ2n) is 6.17. The molecule has 1 aliphatic heterocycles. The Bertz CT molecular complexity index is 929. The SMILES string of the molecule is Fc1ccc(Nc2ncnc3nc(NCCN4CCNCC4)sc23)cc1Cl. The number of aromatic nitrogens is 3. The summed E-state index contributed by atoms with van der Waals surface area (Å²) < 4.78 is 14.2. The van der Waals surface area contributed by atoms with Gasteiger partial charge in [-0.1, -0.05) is 22.9 Å². The highest BCUT2D eigenvalue weighted by Gasteiger charge is 2.13. The van der Waals surface area contributed by atoms with Crippen molar-refractivity contribution in [1.82, 2.24) is 25.2 Å². The maximum absolute atomic E-state index is 13.3. The van der Waals surface area contributed by atoms with E-state index in [1.807, 2.05) is 0 Å². The van der Waals surface area contributed by atoms with Crippen LogP contribution < -0.4 is 16.0 Å². The van der Waals surface area contributed by atoms with E-state index in [0.717, 1.165) is 49.1 Å². The van der Waals surface area contributed by atoms with Gasteiger partial charge in [-0.15, -0.1) is 0 Å². The van der Waals surface area contributed by atoms with Crippen LogP contribution in [0.15, 0.2) is 24.5 Å². The minimum absolute atomic E-state index is 0.0601. The van der Waals surface area contributed by atoms with Gasteiger partial charge < -0.3 is 16.0 Å². The van der Waals surface area contributed by atoms with Crippen LogP contribution in [0.1, 0.15) is 0 Å². The number of hydrogen-bond donors (Lipinski definition) is 3. The van der Waals surface area contributed by atoms with Gasteiger partial charge in [-0.25, -0.2) is 14.4 Å². The summed E-state index contributed by atoms with van der Waals surface area (Å²) in [6.07, 6.45) is 1.46. The molecule has 0 unspecified atom stereocenters. The minimum atomic E-state index is -0.455. The number of piperazine rings is 1. The van der Waals surface area contributed by atoms with Crippen LogP contribution in [0, 0.1) is 5.82 Å². The third-order valence-corrected chi connectivity index (χ3v) is 5.59. The van der Waals surface area contributed by atoms with Gasteiger partial charge >= 0.3 is 0 Å². The van der Waals surface area contributed by atoms with Crippen LogP contribution in [0.3, 0.4) is 0 Å². The number of nitrogens with one attached hydrogen (secondary N) is 3. The van der Waals surface area contributed by atoms with E-state index < -0.39 is 5.82 Å². The molecule has 1 fully saturated rings. The molecule has 0 saturated carbocycles. The molecule has 0 atom stereocenters. The Balaban J connectivity index is 1.45. The van der Waals surface area contributed by atoms with E-state index in [4.69, 9.17) is 11.6 Å². The fourth-order valence-corrected chi connectivity index (χ4v) is 3.95. The van der Waals surface area contributed by atoms with Gasteiger partial charge in [0.15, 0.2) is 16.6 Å². The molecule has 10 heteroatoms. The molecular formula is C17H19ClFN7S. The molecule has 0 aliphatic carbocycles. The van der Waals surface area contributed by atoms with Crippen LogP contribution in [-0.2, 0) is 0 Å². The molecule has 1 aromatic carbocycles. The summed E-state index contributed by atoms with van der Waals surface area (Å²) in [6.45, 7) is 6.02. The molecule has 0 bridgehead atoms. The molecule has 0 amide bonds. The molecule has 0 spiro atoms. The molecule has 7 nitrogen and oxygen atoms in total. The maximum atomic E-state index is 13.3. The van der Waals surface area contributed by atoms with Gasteiger partial charge in [0, 0.05) is 45.0 Å². The van der Waals surface area contributed by atoms with Crippen LogP contribution in [0.4, 0.5) is 21.0 Å². The van der Waals surface area contributed by atoms with Crippen molar-refractivity contribution in [3.05, 3.63) is 35.4 Å². The second kappa shape index (κ2) is 8.30. The van der Waals surface area contributed by atoms with Crippen molar-refractivity contribution in [3.63, 3.8) is 0 Å². The maximum Gasteiger partial charge on any atom is 0.185 e. The Labute approximate surface area is 165 Å². The van der Waals surface area contributed by atoms with Crippen molar-refractivity contribution in [2.45, 2.75) is 0 Å². The highest BCUT2D eigenvalue weighted by molar-refractivity contribution is 7.22. The minimum Gasteiger partial charge on any atom is -0.360 e. The number of nitrogens with zero attached hydrogens (tertiary/aromatic N) is 4. The van der Waals surface area contributed by atoms with E-state index >= 15 is 0 Å². The first-order valence-corrected chi connectivity index (χ1v) is 9.89. The lowest BCUT2D eigenvalue weighted by atomic mass is 10.3. The number of thiazole rings is 1. The van der Waals surface area contributed by atoms with Crippen molar-refractivity contribution < 1.29 is 4.39 Å². The van der Waals surface area contributed by atoms with Crippen molar-refractivity contribution in [2.75, 3.05) is 49.9 Å². The molecular weight excluding hydrogens is 389 g/mol. The normalized spacial score (nSPS) is 15.2. The van der Waals surface area contributed by atoms with E-state index in [-0.39, 0.29) is 5.02 Å². The molecule has 3 N–H and O–H groups in total. The number of halogens is 2. The average Bonchev–Trinajstić information content (AvgIpc) is 3.10. The van der Waals surface area contributed by atoms with Crippen LogP contribution in [0.5, 0.6) is 0 Å². The number of anilines is 3. The van der Waals surface area contributed by atoms with Crippen molar-refractivity contribution in [1.29, 1.82) is 0 Å². The predicted molar refractivity (Wildman–Crippen MR) is 108 cm³/mol. The largest absolute Gasteiger partial charge is 0.360 e. The Morgan fingerprint density at radius 1 is 1.26 bits per heavy atom. The van der Waals surface area contributed by atoms with Crippen LogP contribution in [0.25, 0.3) is 10.3 Å². The summed E-state index contributed by atoms with van der Waals surface area (Å²) in [5.41, 5.74) is 1.28. The summed E-state index contributed by atoms with van der Waals surface area (Å²) in [7, 11) is 0. The van der Waals surface area contributed by atoms with Gasteiger partial charge in [-0.2, -0.15) is 4.98 Å². The monoisotopic (exact) mass is 407 g/mol. The van der Waals surface area contributed by atoms with Gasteiger partial charge in [0.1, 0.15) is 16.8 Å². The first kappa shape index (κ1) is 18.3. The van der Waals surface area contributed by atoms with Gasteiger partial charge in [0.2, 0.25) is 0 Å². The molecule has 27 heavy (non-hydrogen) atoms. The van der Waals surface area contributed by atoms with Gasteiger partial charge in [-0.3, -0.25) is 4.90 Å². The fourth-order valence-electron chi connectivity index (χ4n) is 2.88. The standard InChI is InChI=1S/C17H19ClFN7S/c18-12-9-11(1-2-13(12)19)24-15-14-16(23-10-22-15)25-17(27-14)21-5-8-26-6-3-20-4-7-26/h1-2,9-10,20H,3-8H2,(H2,21,22,23,24,25). The average molecular weight is 408 g/mol. The molecule has 3 heterocycles. The highest BCUT2D eigenvalue weighted by Crippen LogP contribution is 2.31. The Kier molecular flexibility index (Phi) is 5.63. The first-order valence-electron chi connectivity index (χ1n) is 8.69. The zero-order chi connectivity index (χ0) is 18.6. The number of benzene rings is 1. The zero-order valence-electron chi connectivity index (χ0n) is 14.5. The summed E-state index contributed by atoms with van der Waals surface area (Å²) >= 11 is 7.34. The lowest BCUT2D eigenvalue weighted by Gasteiger charge is -2.26. The molecule has 2 aromatic heterocycles. The summed E-state index contributed by atoms with van der Waals surface area (Å²) in [4.78, 5) is 15.5. The zero-order valence-corrected chi connectivity index (χ0v) is 16.1. The van der Waals surface area contributed by atoms with Crippen LogP contribution in [0.2, 0.25) is 5.02 Å². The van der Waals surface area contributed by atoms with Crippen molar-refractivity contribution in [3.8, 4) is 0 Å². The van der Waals surface area contributed by atoms with Gasteiger partial charge in [0.05, 0.1) is 5.02 Å². The predicted octanol–water partition coefficient (Wildman–Crippen LogP) is 2.94. The van der Waals surface area contributed by atoms with Gasteiger partial charge in [0.25, 0.3) is 0 Å². The van der Waals surface area contributed by atoms with E-state index in [1.165, 1.54) is 29.8 Å². The third-order valence-electron chi connectivity index (χ3n) is 4.29. The summed E-state index contributed by atoms with van der Waals surface area (Å²) in [5, 5.41) is 10.7. The van der Waals surface area contributed by atoms with E-state index in [9.17, 15) is 4.39 Å². The second-order valence-corrected chi connectivity index (χ2v) is 7.57. The lowest BCUT2D eigenvalue weighted by Crippen LogP contribution is -2.45. The number of rotatable bonds is 6. The smallest absolute Gasteiger partial charge is 0.185 e. The molecule has 0 radical (unpaired) electrons. The Hall–Kier alpha value is -2.07.